The number of aryl methyl sites for hydroxylation is 1. The number of hydrogen-bond acceptors (Lipinski definition) is 2. The first-order valence-electron chi connectivity index (χ1n) is 4.87. The Morgan fingerprint density at radius 3 is 2.27 bits per heavy atom. The fraction of sp³-hybridized carbons (Fsp3) is 0.333. The lowest BCUT2D eigenvalue weighted by molar-refractivity contribution is -0.138. The highest BCUT2D eigenvalue weighted by Gasteiger charge is 2.06. The highest BCUT2D eigenvalue weighted by molar-refractivity contribution is 5.84. The molecule has 0 amide bonds. The van der Waals surface area contributed by atoms with Crippen molar-refractivity contribution in [3.63, 3.8) is 0 Å². The monoisotopic (exact) mass is 206 g/mol. The summed E-state index contributed by atoms with van der Waals surface area (Å²) in [6.07, 6.45) is 0.363. The lowest BCUT2D eigenvalue weighted by Crippen LogP contribution is -2.06. The first-order chi connectivity index (χ1) is 7.08. The molecule has 0 radical (unpaired) electrons. The third-order valence-electron chi connectivity index (χ3n) is 2.14. The minimum Gasteiger partial charge on any atom is -0.481 e. The zero-order chi connectivity index (χ0) is 11.3. The molecule has 0 aromatic heterocycles. The summed E-state index contributed by atoms with van der Waals surface area (Å²) in [5, 5.41) is 8.41. The van der Waals surface area contributed by atoms with Gasteiger partial charge in [-0.3, -0.25) is 9.59 Å². The molecule has 1 rings (SSSR count). The van der Waals surface area contributed by atoms with Crippen LogP contribution in [0.4, 0.5) is 0 Å². The van der Waals surface area contributed by atoms with Crippen LogP contribution in [0, 0.1) is 6.92 Å². The standard InChI is InChI=1S/C12H14O3/c1-9-2-4-10(5-3-9)8-11(13)6-7-12(14)15/h2-5H,6-8H2,1H3,(H,14,15). The van der Waals surface area contributed by atoms with Crippen LogP contribution in [-0.2, 0) is 16.0 Å². The van der Waals surface area contributed by atoms with Gasteiger partial charge in [-0.05, 0) is 12.5 Å². The number of Topliss-reactive ketones (excluding diaryl/α,β-unsaturated/α-hetero) is 1. The summed E-state index contributed by atoms with van der Waals surface area (Å²) < 4.78 is 0. The molecule has 0 aliphatic rings. The fourth-order valence-corrected chi connectivity index (χ4v) is 1.27. The molecule has 0 saturated heterocycles. The molecule has 0 aliphatic carbocycles. The van der Waals surface area contributed by atoms with Crippen LogP contribution in [0.1, 0.15) is 24.0 Å². The van der Waals surface area contributed by atoms with Crippen LogP contribution < -0.4 is 0 Å². The van der Waals surface area contributed by atoms with E-state index in [1.165, 1.54) is 0 Å². The van der Waals surface area contributed by atoms with Gasteiger partial charge in [0.15, 0.2) is 0 Å². The van der Waals surface area contributed by atoms with Crippen LogP contribution in [0.3, 0.4) is 0 Å². The normalized spacial score (nSPS) is 9.93. The van der Waals surface area contributed by atoms with Gasteiger partial charge < -0.3 is 5.11 Å². The first-order valence-corrected chi connectivity index (χ1v) is 4.87. The average Bonchev–Trinajstić information content (AvgIpc) is 2.19. The maximum Gasteiger partial charge on any atom is 0.303 e. The Labute approximate surface area is 88.7 Å². The molecule has 15 heavy (non-hydrogen) atoms. The van der Waals surface area contributed by atoms with E-state index in [0.29, 0.717) is 6.42 Å². The quantitative estimate of drug-likeness (QED) is 0.801. The van der Waals surface area contributed by atoms with Crippen molar-refractivity contribution in [2.75, 3.05) is 0 Å². The minimum absolute atomic E-state index is 0.0266. The molecule has 0 fully saturated rings. The average molecular weight is 206 g/mol. The predicted octanol–water partition coefficient (Wildman–Crippen LogP) is 1.97. The van der Waals surface area contributed by atoms with Crippen LogP contribution >= 0.6 is 0 Å². The van der Waals surface area contributed by atoms with Gasteiger partial charge in [0.2, 0.25) is 0 Å². The van der Waals surface area contributed by atoms with Gasteiger partial charge >= 0.3 is 5.97 Å². The number of carboxylic acids is 1. The van der Waals surface area contributed by atoms with Crippen molar-refractivity contribution in [3.8, 4) is 0 Å². The van der Waals surface area contributed by atoms with Crippen LogP contribution in [0.2, 0.25) is 0 Å². The second-order valence-corrected chi connectivity index (χ2v) is 3.59. The van der Waals surface area contributed by atoms with Gasteiger partial charge in [-0.2, -0.15) is 0 Å². The molecule has 0 atom stereocenters. The zero-order valence-corrected chi connectivity index (χ0v) is 8.69. The lowest BCUT2D eigenvalue weighted by Gasteiger charge is -2.00. The summed E-state index contributed by atoms with van der Waals surface area (Å²) in [6.45, 7) is 1.98. The van der Waals surface area contributed by atoms with Gasteiger partial charge in [0, 0.05) is 12.8 Å². The highest BCUT2D eigenvalue weighted by atomic mass is 16.4. The number of carboxylic acid groups (broad SMARTS) is 1. The number of hydrogen-bond donors (Lipinski definition) is 1. The van der Waals surface area contributed by atoms with Gasteiger partial charge in [0.1, 0.15) is 5.78 Å². The van der Waals surface area contributed by atoms with E-state index >= 15 is 0 Å². The molecule has 0 spiro atoms. The summed E-state index contributed by atoms with van der Waals surface area (Å²) >= 11 is 0. The summed E-state index contributed by atoms with van der Waals surface area (Å²) in [6, 6.07) is 7.68. The van der Waals surface area contributed by atoms with Gasteiger partial charge in [-0.15, -0.1) is 0 Å². The van der Waals surface area contributed by atoms with Crippen molar-refractivity contribution >= 4 is 11.8 Å². The van der Waals surface area contributed by atoms with Crippen LogP contribution in [0.5, 0.6) is 0 Å². The van der Waals surface area contributed by atoms with E-state index in [1.54, 1.807) is 0 Å². The Hall–Kier alpha value is -1.64. The molecule has 1 aromatic rings. The number of aliphatic carboxylic acids is 1. The van der Waals surface area contributed by atoms with Gasteiger partial charge in [-0.1, -0.05) is 29.8 Å². The van der Waals surface area contributed by atoms with Crippen molar-refractivity contribution in [2.24, 2.45) is 0 Å². The summed E-state index contributed by atoms with van der Waals surface area (Å²) in [7, 11) is 0. The van der Waals surface area contributed by atoms with Crippen molar-refractivity contribution < 1.29 is 14.7 Å². The van der Waals surface area contributed by atoms with E-state index in [9.17, 15) is 9.59 Å². The smallest absolute Gasteiger partial charge is 0.303 e. The summed E-state index contributed by atoms with van der Waals surface area (Å²) in [4.78, 5) is 21.6. The van der Waals surface area contributed by atoms with Crippen molar-refractivity contribution in [2.45, 2.75) is 26.2 Å². The second-order valence-electron chi connectivity index (χ2n) is 3.59. The molecule has 0 aliphatic heterocycles. The minimum atomic E-state index is -0.924. The lowest BCUT2D eigenvalue weighted by atomic mass is 10.0. The molecule has 80 valence electrons. The van der Waals surface area contributed by atoms with Crippen molar-refractivity contribution in [1.82, 2.24) is 0 Å². The molecular formula is C12H14O3. The molecule has 0 bridgehead atoms. The number of carbonyl (C=O) groups is 2. The summed E-state index contributed by atoms with van der Waals surface area (Å²) in [5.41, 5.74) is 2.09. The Bertz CT molecular complexity index is 352. The zero-order valence-electron chi connectivity index (χ0n) is 8.69. The third kappa shape index (κ3) is 4.40. The number of rotatable bonds is 5. The molecule has 3 nitrogen and oxygen atoms in total. The van der Waals surface area contributed by atoms with E-state index in [2.05, 4.69) is 0 Å². The van der Waals surface area contributed by atoms with Crippen molar-refractivity contribution in [3.05, 3.63) is 35.4 Å². The Morgan fingerprint density at radius 2 is 1.73 bits per heavy atom. The van der Waals surface area contributed by atoms with Crippen molar-refractivity contribution in [1.29, 1.82) is 0 Å². The Balaban J connectivity index is 2.44. The number of benzene rings is 1. The van der Waals surface area contributed by atoms with Crippen LogP contribution in [-0.4, -0.2) is 16.9 Å². The molecule has 0 unspecified atom stereocenters. The topological polar surface area (TPSA) is 54.4 Å². The molecule has 1 aromatic carbocycles. The SMILES string of the molecule is Cc1ccc(CC(=O)CCC(=O)O)cc1. The maximum absolute atomic E-state index is 11.3. The Morgan fingerprint density at radius 1 is 1.13 bits per heavy atom. The molecule has 0 heterocycles. The van der Waals surface area contributed by atoms with Gasteiger partial charge in [0.25, 0.3) is 0 Å². The fourth-order valence-electron chi connectivity index (χ4n) is 1.27. The molecule has 3 heteroatoms. The number of carbonyl (C=O) groups excluding carboxylic acids is 1. The van der Waals surface area contributed by atoms with E-state index < -0.39 is 5.97 Å². The number of ketones is 1. The largest absolute Gasteiger partial charge is 0.481 e. The third-order valence-corrected chi connectivity index (χ3v) is 2.14. The molecular weight excluding hydrogens is 192 g/mol. The maximum atomic E-state index is 11.3. The van der Waals surface area contributed by atoms with E-state index in [-0.39, 0.29) is 18.6 Å². The summed E-state index contributed by atoms with van der Waals surface area (Å²) in [5.74, 6) is -0.950. The first kappa shape index (κ1) is 11.4. The highest BCUT2D eigenvalue weighted by Crippen LogP contribution is 2.06. The predicted molar refractivity (Wildman–Crippen MR) is 56.8 cm³/mol. The van der Waals surface area contributed by atoms with E-state index in [1.807, 2.05) is 31.2 Å². The van der Waals surface area contributed by atoms with Crippen LogP contribution in [0.15, 0.2) is 24.3 Å². The molecule has 0 saturated carbocycles. The molecule has 1 N–H and O–H groups in total. The van der Waals surface area contributed by atoms with Gasteiger partial charge in [0.05, 0.1) is 6.42 Å². The van der Waals surface area contributed by atoms with E-state index in [4.69, 9.17) is 5.11 Å². The van der Waals surface area contributed by atoms with Gasteiger partial charge in [-0.25, -0.2) is 0 Å². The van der Waals surface area contributed by atoms with E-state index in [0.717, 1.165) is 11.1 Å². The van der Waals surface area contributed by atoms with Crippen LogP contribution in [0.25, 0.3) is 0 Å². The second kappa shape index (κ2) is 5.29. The Kier molecular flexibility index (Phi) is 4.03.